The van der Waals surface area contributed by atoms with Crippen LogP contribution in [0.2, 0.25) is 0 Å². The molecule has 0 aromatic heterocycles. The third-order valence-electron chi connectivity index (χ3n) is 7.29. The average molecular weight is 429 g/mol. The number of fused-ring (bicyclic) bond motifs is 2. The SMILES string of the molecule is C[C@@H](c1ccc2cc(OCCCCN3CCCCC3)ccc2c1)N1CCc2ccccc21. The molecule has 1 atom stereocenters. The van der Waals surface area contributed by atoms with E-state index < -0.39 is 0 Å². The van der Waals surface area contributed by atoms with Crippen molar-refractivity contribution in [3.8, 4) is 5.75 Å². The maximum Gasteiger partial charge on any atom is 0.119 e. The van der Waals surface area contributed by atoms with Gasteiger partial charge in [-0.1, -0.05) is 42.8 Å². The molecule has 3 aromatic carbocycles. The first-order valence-corrected chi connectivity index (χ1v) is 12.5. The smallest absolute Gasteiger partial charge is 0.119 e. The first-order valence-electron chi connectivity index (χ1n) is 12.5. The number of rotatable bonds is 8. The van der Waals surface area contributed by atoms with Gasteiger partial charge in [-0.25, -0.2) is 0 Å². The minimum atomic E-state index is 0.374. The van der Waals surface area contributed by atoms with E-state index in [1.165, 1.54) is 72.9 Å². The molecular formula is C29H36N2O. The van der Waals surface area contributed by atoms with Crippen molar-refractivity contribution in [2.75, 3.05) is 37.7 Å². The molecule has 168 valence electrons. The zero-order valence-corrected chi connectivity index (χ0v) is 19.4. The Morgan fingerprint density at radius 2 is 1.66 bits per heavy atom. The Balaban J connectivity index is 1.17. The molecule has 1 saturated heterocycles. The summed E-state index contributed by atoms with van der Waals surface area (Å²) in [5.41, 5.74) is 4.24. The summed E-state index contributed by atoms with van der Waals surface area (Å²) in [7, 11) is 0. The van der Waals surface area contributed by atoms with Crippen molar-refractivity contribution in [2.45, 2.75) is 51.5 Å². The van der Waals surface area contributed by atoms with Crippen LogP contribution in [0.4, 0.5) is 5.69 Å². The first kappa shape index (κ1) is 21.3. The molecule has 1 fully saturated rings. The third kappa shape index (κ3) is 4.78. The molecule has 3 heteroatoms. The Kier molecular flexibility index (Phi) is 6.64. The number of anilines is 1. The fourth-order valence-corrected chi connectivity index (χ4v) is 5.35. The van der Waals surface area contributed by atoms with Gasteiger partial charge < -0.3 is 14.5 Å². The summed E-state index contributed by atoms with van der Waals surface area (Å²) < 4.78 is 6.07. The molecule has 2 aliphatic heterocycles. The van der Waals surface area contributed by atoms with Crippen LogP contribution >= 0.6 is 0 Å². The fraction of sp³-hybridized carbons (Fsp3) is 0.448. The standard InChI is InChI=1S/C29H36N2O/c1-23(31-19-15-24-9-3-4-10-29(24)31)25-11-12-27-22-28(14-13-26(27)21-25)32-20-8-7-18-30-16-5-2-6-17-30/h3-4,9-14,21-23H,2,5-8,15-20H2,1H3/t23-/m0/s1. The van der Waals surface area contributed by atoms with Crippen LogP contribution < -0.4 is 9.64 Å². The van der Waals surface area contributed by atoms with Gasteiger partial charge in [0, 0.05) is 12.2 Å². The van der Waals surface area contributed by atoms with Crippen molar-refractivity contribution < 1.29 is 4.74 Å². The summed E-state index contributed by atoms with van der Waals surface area (Å²) in [6, 6.07) is 22.6. The van der Waals surface area contributed by atoms with Gasteiger partial charge in [0.1, 0.15) is 5.75 Å². The number of nitrogens with zero attached hydrogens (tertiary/aromatic N) is 2. The van der Waals surface area contributed by atoms with Crippen molar-refractivity contribution in [3.05, 3.63) is 71.8 Å². The molecule has 0 unspecified atom stereocenters. The molecule has 3 nitrogen and oxygen atoms in total. The molecule has 0 radical (unpaired) electrons. The molecule has 0 amide bonds. The summed E-state index contributed by atoms with van der Waals surface area (Å²) in [6.45, 7) is 8.03. The lowest BCUT2D eigenvalue weighted by atomic mass is 10.0. The van der Waals surface area contributed by atoms with E-state index in [0.717, 1.165) is 31.7 Å². The van der Waals surface area contributed by atoms with Gasteiger partial charge in [-0.3, -0.25) is 0 Å². The molecule has 32 heavy (non-hydrogen) atoms. The molecule has 0 N–H and O–H groups in total. The highest BCUT2D eigenvalue weighted by molar-refractivity contribution is 5.84. The van der Waals surface area contributed by atoms with E-state index in [-0.39, 0.29) is 0 Å². The Hall–Kier alpha value is -2.52. The molecule has 0 saturated carbocycles. The maximum atomic E-state index is 6.07. The van der Waals surface area contributed by atoms with Gasteiger partial charge >= 0.3 is 0 Å². The van der Waals surface area contributed by atoms with Gasteiger partial charge in [0.15, 0.2) is 0 Å². The molecular weight excluding hydrogens is 392 g/mol. The molecule has 0 spiro atoms. The number of likely N-dealkylation sites (tertiary alicyclic amines) is 1. The lowest BCUT2D eigenvalue weighted by Gasteiger charge is -2.28. The highest BCUT2D eigenvalue weighted by Gasteiger charge is 2.24. The van der Waals surface area contributed by atoms with E-state index in [4.69, 9.17) is 4.74 Å². The highest BCUT2D eigenvalue weighted by Crippen LogP contribution is 2.35. The Bertz CT molecular complexity index is 1040. The molecule has 0 bridgehead atoms. The van der Waals surface area contributed by atoms with Crippen LogP contribution in [-0.2, 0) is 6.42 Å². The third-order valence-corrected chi connectivity index (χ3v) is 7.29. The lowest BCUT2D eigenvalue weighted by molar-refractivity contribution is 0.216. The number of hydrogen-bond acceptors (Lipinski definition) is 3. The first-order chi connectivity index (χ1) is 15.8. The lowest BCUT2D eigenvalue weighted by Crippen LogP contribution is -2.30. The molecule has 5 rings (SSSR count). The quantitative estimate of drug-likeness (QED) is 0.376. The minimum absolute atomic E-state index is 0.374. The summed E-state index contributed by atoms with van der Waals surface area (Å²) in [5.74, 6) is 0.991. The number of hydrogen-bond donors (Lipinski definition) is 0. The van der Waals surface area contributed by atoms with E-state index in [2.05, 4.69) is 77.4 Å². The zero-order valence-electron chi connectivity index (χ0n) is 19.4. The Morgan fingerprint density at radius 3 is 2.56 bits per heavy atom. The van der Waals surface area contributed by atoms with E-state index in [0.29, 0.717) is 6.04 Å². The number of para-hydroxylation sites is 1. The predicted octanol–water partition coefficient (Wildman–Crippen LogP) is 6.61. The number of ether oxygens (including phenoxy) is 1. The van der Waals surface area contributed by atoms with Crippen molar-refractivity contribution in [1.29, 1.82) is 0 Å². The van der Waals surface area contributed by atoms with Gasteiger partial charge in [-0.15, -0.1) is 0 Å². The zero-order chi connectivity index (χ0) is 21.8. The summed E-state index contributed by atoms with van der Waals surface area (Å²) in [4.78, 5) is 5.15. The predicted molar refractivity (Wildman–Crippen MR) is 135 cm³/mol. The molecule has 0 aliphatic carbocycles. The van der Waals surface area contributed by atoms with E-state index in [1.807, 2.05) is 0 Å². The van der Waals surface area contributed by atoms with E-state index >= 15 is 0 Å². The van der Waals surface area contributed by atoms with Crippen LogP contribution in [0.5, 0.6) is 5.75 Å². The highest BCUT2D eigenvalue weighted by atomic mass is 16.5. The van der Waals surface area contributed by atoms with Crippen LogP contribution in [-0.4, -0.2) is 37.7 Å². The topological polar surface area (TPSA) is 15.7 Å². The summed E-state index contributed by atoms with van der Waals surface area (Å²) in [6.07, 6.45) is 7.66. The van der Waals surface area contributed by atoms with Crippen LogP contribution in [0.1, 0.15) is 56.2 Å². The van der Waals surface area contributed by atoms with Gasteiger partial charge in [-0.05, 0) is 105 Å². The van der Waals surface area contributed by atoms with Crippen molar-refractivity contribution in [3.63, 3.8) is 0 Å². The maximum absolute atomic E-state index is 6.07. The number of unbranched alkanes of at least 4 members (excludes halogenated alkanes) is 1. The van der Waals surface area contributed by atoms with Crippen LogP contribution in [0, 0.1) is 0 Å². The average Bonchev–Trinajstić information content (AvgIpc) is 3.28. The van der Waals surface area contributed by atoms with Gasteiger partial charge in [0.05, 0.1) is 12.6 Å². The molecule has 2 aliphatic rings. The van der Waals surface area contributed by atoms with E-state index in [1.54, 1.807) is 0 Å². The molecule has 3 aromatic rings. The second-order valence-electron chi connectivity index (χ2n) is 9.47. The van der Waals surface area contributed by atoms with Crippen molar-refractivity contribution in [1.82, 2.24) is 4.90 Å². The van der Waals surface area contributed by atoms with Crippen molar-refractivity contribution >= 4 is 16.5 Å². The minimum Gasteiger partial charge on any atom is -0.494 e. The summed E-state index contributed by atoms with van der Waals surface area (Å²) >= 11 is 0. The van der Waals surface area contributed by atoms with E-state index in [9.17, 15) is 0 Å². The van der Waals surface area contributed by atoms with Gasteiger partial charge in [0.2, 0.25) is 0 Å². The largest absolute Gasteiger partial charge is 0.494 e. The molecule has 2 heterocycles. The number of benzene rings is 3. The Morgan fingerprint density at radius 1 is 0.844 bits per heavy atom. The second kappa shape index (κ2) is 9.95. The van der Waals surface area contributed by atoms with Crippen LogP contribution in [0.15, 0.2) is 60.7 Å². The summed E-state index contributed by atoms with van der Waals surface area (Å²) in [5, 5.41) is 2.55. The van der Waals surface area contributed by atoms with Gasteiger partial charge in [0.25, 0.3) is 0 Å². The van der Waals surface area contributed by atoms with Crippen LogP contribution in [0.25, 0.3) is 10.8 Å². The number of piperidine rings is 1. The van der Waals surface area contributed by atoms with Gasteiger partial charge in [-0.2, -0.15) is 0 Å². The fourth-order valence-electron chi connectivity index (χ4n) is 5.35. The Labute approximate surface area is 193 Å². The monoisotopic (exact) mass is 428 g/mol. The van der Waals surface area contributed by atoms with Crippen LogP contribution in [0.3, 0.4) is 0 Å². The van der Waals surface area contributed by atoms with Crippen molar-refractivity contribution in [2.24, 2.45) is 0 Å². The second-order valence-corrected chi connectivity index (χ2v) is 9.47. The normalized spacial score (nSPS) is 17.5.